The molecule has 3 N–H and O–H groups in total. The molecular formula is C12H13N3S. The van der Waals surface area contributed by atoms with Gasteiger partial charge in [0.2, 0.25) is 0 Å². The number of benzene rings is 1. The van der Waals surface area contributed by atoms with Gasteiger partial charge in [0.05, 0.1) is 0 Å². The lowest BCUT2D eigenvalue weighted by Crippen LogP contribution is -2.01. The van der Waals surface area contributed by atoms with Crippen LogP contribution in [0.3, 0.4) is 0 Å². The molecule has 0 aliphatic carbocycles. The van der Waals surface area contributed by atoms with Gasteiger partial charge in [-0.15, -0.1) is 0 Å². The summed E-state index contributed by atoms with van der Waals surface area (Å²) in [5.41, 5.74) is 9.34. The van der Waals surface area contributed by atoms with Crippen molar-refractivity contribution in [1.29, 1.82) is 0 Å². The monoisotopic (exact) mass is 231 g/mol. The fourth-order valence-corrected chi connectivity index (χ4v) is 1.75. The highest BCUT2D eigenvalue weighted by Gasteiger charge is 2.03. The van der Waals surface area contributed by atoms with Crippen molar-refractivity contribution in [2.75, 3.05) is 5.73 Å². The van der Waals surface area contributed by atoms with Gasteiger partial charge < -0.3 is 10.7 Å². The molecular weight excluding hydrogens is 218 g/mol. The summed E-state index contributed by atoms with van der Waals surface area (Å²) in [5.74, 6) is 0.600. The Labute approximate surface area is 99.4 Å². The van der Waals surface area contributed by atoms with Crippen LogP contribution in [0.4, 0.5) is 5.82 Å². The minimum Gasteiger partial charge on any atom is -0.385 e. The molecule has 82 valence electrons. The lowest BCUT2D eigenvalue weighted by Gasteiger charge is -2.07. The van der Waals surface area contributed by atoms with Crippen LogP contribution in [0, 0.1) is 11.7 Å². The highest BCUT2D eigenvalue weighted by molar-refractivity contribution is 7.71. The van der Waals surface area contributed by atoms with E-state index in [1.54, 1.807) is 6.20 Å². The molecule has 1 heterocycles. The number of hydrogen-bond donors (Lipinski definition) is 2. The number of anilines is 1. The van der Waals surface area contributed by atoms with Crippen LogP contribution in [0.1, 0.15) is 16.7 Å². The average Bonchev–Trinajstić information content (AvgIpc) is 2.25. The fraction of sp³-hybridized carbons (Fsp3) is 0.167. The first-order valence-corrected chi connectivity index (χ1v) is 5.46. The van der Waals surface area contributed by atoms with Gasteiger partial charge in [-0.2, -0.15) is 0 Å². The van der Waals surface area contributed by atoms with Crippen LogP contribution >= 0.6 is 12.2 Å². The van der Waals surface area contributed by atoms with Gasteiger partial charge in [-0.25, -0.2) is 4.98 Å². The summed E-state index contributed by atoms with van der Waals surface area (Å²) >= 11 is 4.90. The fourth-order valence-electron chi connectivity index (χ4n) is 1.59. The number of nitrogen functional groups attached to an aromatic ring is 1. The summed E-state index contributed by atoms with van der Waals surface area (Å²) in [6, 6.07) is 8.23. The van der Waals surface area contributed by atoms with Crippen molar-refractivity contribution in [3.8, 4) is 0 Å². The van der Waals surface area contributed by atoms with Gasteiger partial charge in [0.15, 0.2) is 4.77 Å². The predicted molar refractivity (Wildman–Crippen MR) is 67.8 cm³/mol. The molecule has 1 aromatic carbocycles. The molecule has 0 aliphatic rings. The van der Waals surface area contributed by atoms with Crippen LogP contribution in [0.25, 0.3) is 0 Å². The number of nitrogens with one attached hydrogen (secondary N) is 1. The second kappa shape index (κ2) is 4.45. The number of nitrogens with two attached hydrogens (primary N) is 1. The van der Waals surface area contributed by atoms with Gasteiger partial charge >= 0.3 is 0 Å². The minimum absolute atomic E-state index is 0.422. The Balaban J connectivity index is 2.34. The molecule has 0 aliphatic heterocycles. The van der Waals surface area contributed by atoms with Crippen molar-refractivity contribution >= 4 is 18.0 Å². The summed E-state index contributed by atoms with van der Waals surface area (Å²) in [4.78, 5) is 6.90. The maximum atomic E-state index is 5.86. The molecule has 0 bridgehead atoms. The Hall–Kier alpha value is -1.68. The van der Waals surface area contributed by atoms with E-state index in [0.29, 0.717) is 10.6 Å². The summed E-state index contributed by atoms with van der Waals surface area (Å²) in [7, 11) is 0. The molecule has 0 spiro atoms. The first kappa shape index (κ1) is 10.8. The maximum absolute atomic E-state index is 5.86. The van der Waals surface area contributed by atoms with Gasteiger partial charge in [-0.1, -0.05) is 24.3 Å². The van der Waals surface area contributed by atoms with E-state index in [1.807, 2.05) is 12.1 Å². The first-order chi connectivity index (χ1) is 7.66. The zero-order valence-corrected chi connectivity index (χ0v) is 9.84. The number of aryl methyl sites for hydroxylation is 1. The molecule has 2 rings (SSSR count). The molecule has 0 amide bonds. The van der Waals surface area contributed by atoms with Crippen molar-refractivity contribution in [3.05, 3.63) is 51.9 Å². The zero-order chi connectivity index (χ0) is 11.5. The van der Waals surface area contributed by atoms with Crippen LogP contribution in [0.5, 0.6) is 0 Å². The van der Waals surface area contributed by atoms with Crippen LogP contribution in [0.2, 0.25) is 0 Å². The number of hydrogen-bond acceptors (Lipinski definition) is 3. The molecule has 0 atom stereocenters. The second-order valence-electron chi connectivity index (χ2n) is 3.73. The highest BCUT2D eigenvalue weighted by atomic mass is 32.1. The van der Waals surface area contributed by atoms with Crippen molar-refractivity contribution in [2.24, 2.45) is 0 Å². The largest absolute Gasteiger partial charge is 0.385 e. The Bertz CT molecular complexity index is 560. The van der Waals surface area contributed by atoms with E-state index in [1.165, 1.54) is 11.1 Å². The van der Waals surface area contributed by atoms with E-state index in [-0.39, 0.29) is 0 Å². The molecule has 1 aromatic heterocycles. The molecule has 0 saturated carbocycles. The van der Waals surface area contributed by atoms with E-state index in [2.05, 4.69) is 29.0 Å². The number of nitrogens with zero attached hydrogens (tertiary/aromatic N) is 1. The Morgan fingerprint density at radius 3 is 2.75 bits per heavy atom. The molecule has 4 heteroatoms. The topological polar surface area (TPSA) is 54.7 Å². The van der Waals surface area contributed by atoms with Crippen molar-refractivity contribution in [3.63, 3.8) is 0 Å². The molecule has 0 radical (unpaired) electrons. The Morgan fingerprint density at radius 2 is 2.06 bits per heavy atom. The van der Waals surface area contributed by atoms with Crippen LogP contribution in [-0.2, 0) is 6.42 Å². The smallest absolute Gasteiger partial charge is 0.198 e. The molecule has 0 fully saturated rings. The third kappa shape index (κ3) is 2.28. The van der Waals surface area contributed by atoms with E-state index in [4.69, 9.17) is 18.0 Å². The van der Waals surface area contributed by atoms with Crippen molar-refractivity contribution in [2.45, 2.75) is 13.3 Å². The number of H-pyrrole nitrogens is 1. The van der Waals surface area contributed by atoms with E-state index >= 15 is 0 Å². The summed E-state index contributed by atoms with van der Waals surface area (Å²) in [5, 5.41) is 0. The molecule has 16 heavy (non-hydrogen) atoms. The maximum Gasteiger partial charge on any atom is 0.198 e. The summed E-state index contributed by atoms with van der Waals surface area (Å²) < 4.78 is 0.422. The summed E-state index contributed by atoms with van der Waals surface area (Å²) in [6.07, 6.45) is 2.51. The minimum atomic E-state index is 0.422. The lowest BCUT2D eigenvalue weighted by molar-refractivity contribution is 1.05. The Kier molecular flexibility index (Phi) is 3.01. The molecule has 3 nitrogen and oxygen atoms in total. The second-order valence-corrected chi connectivity index (χ2v) is 4.12. The number of aromatic amines is 1. The standard InChI is InChI=1S/C12H13N3S/c1-8-4-2-3-5-9(8)6-10-7-14-12(16)15-11(10)13/h2-5,7H,6H2,1H3,(H3,13,14,15,16). The van der Waals surface area contributed by atoms with Gasteiger partial charge in [0.1, 0.15) is 5.82 Å². The number of aromatic nitrogens is 2. The van der Waals surface area contributed by atoms with Gasteiger partial charge in [-0.3, -0.25) is 0 Å². The normalized spacial score (nSPS) is 10.3. The molecule has 0 unspecified atom stereocenters. The third-order valence-corrected chi connectivity index (χ3v) is 2.77. The predicted octanol–water partition coefficient (Wildman–Crippen LogP) is 2.62. The van der Waals surface area contributed by atoms with Gasteiger partial charge in [0, 0.05) is 18.2 Å². The van der Waals surface area contributed by atoms with Crippen LogP contribution < -0.4 is 5.73 Å². The SMILES string of the molecule is Cc1ccccc1Cc1cnc(=S)[nH]c1N. The number of rotatable bonds is 2. The van der Waals surface area contributed by atoms with Gasteiger partial charge in [-0.05, 0) is 30.3 Å². The van der Waals surface area contributed by atoms with Crippen LogP contribution in [0.15, 0.2) is 30.5 Å². The van der Waals surface area contributed by atoms with Crippen molar-refractivity contribution in [1.82, 2.24) is 9.97 Å². The summed E-state index contributed by atoms with van der Waals surface area (Å²) in [6.45, 7) is 2.09. The van der Waals surface area contributed by atoms with E-state index in [9.17, 15) is 0 Å². The van der Waals surface area contributed by atoms with Crippen molar-refractivity contribution < 1.29 is 0 Å². The Morgan fingerprint density at radius 1 is 1.31 bits per heavy atom. The van der Waals surface area contributed by atoms with Crippen LogP contribution in [-0.4, -0.2) is 9.97 Å². The third-order valence-electron chi connectivity index (χ3n) is 2.57. The van der Waals surface area contributed by atoms with E-state index in [0.717, 1.165) is 12.0 Å². The molecule has 0 saturated heterocycles. The quantitative estimate of drug-likeness (QED) is 0.781. The average molecular weight is 231 g/mol. The lowest BCUT2D eigenvalue weighted by atomic mass is 10.0. The van der Waals surface area contributed by atoms with Gasteiger partial charge in [0.25, 0.3) is 0 Å². The highest BCUT2D eigenvalue weighted by Crippen LogP contribution is 2.15. The first-order valence-electron chi connectivity index (χ1n) is 5.05. The molecule has 2 aromatic rings. The zero-order valence-electron chi connectivity index (χ0n) is 9.03. The van der Waals surface area contributed by atoms with E-state index < -0.39 is 0 Å².